The third-order valence-electron chi connectivity index (χ3n) is 4.74. The van der Waals surface area contributed by atoms with E-state index in [1.165, 1.54) is 24.3 Å². The van der Waals surface area contributed by atoms with Gasteiger partial charge in [-0.05, 0) is 60.0 Å². The Morgan fingerprint density at radius 2 is 1.63 bits per heavy atom. The van der Waals surface area contributed by atoms with Crippen molar-refractivity contribution in [1.29, 1.82) is 0 Å². The first-order valence-electron chi connectivity index (χ1n) is 9.08. The summed E-state index contributed by atoms with van der Waals surface area (Å²) in [6.45, 7) is 1.78. The van der Waals surface area contributed by atoms with Crippen molar-refractivity contribution < 1.29 is 26.7 Å². The van der Waals surface area contributed by atoms with E-state index >= 15 is 0 Å². The predicted octanol–water partition coefficient (Wildman–Crippen LogP) is 3.12. The molecule has 0 spiro atoms. The van der Waals surface area contributed by atoms with Gasteiger partial charge in [0.05, 0.1) is 21.1 Å². The summed E-state index contributed by atoms with van der Waals surface area (Å²) >= 11 is 0. The molecule has 158 valence electrons. The van der Waals surface area contributed by atoms with Crippen LogP contribution in [-0.4, -0.2) is 38.7 Å². The molecular weight excluding hydrogens is 426 g/mol. The van der Waals surface area contributed by atoms with E-state index in [1.807, 2.05) is 0 Å². The lowest BCUT2D eigenvalue weighted by Crippen LogP contribution is -2.12. The molecule has 7 nitrogen and oxygen atoms in total. The van der Waals surface area contributed by atoms with Gasteiger partial charge in [0, 0.05) is 24.3 Å². The van der Waals surface area contributed by atoms with Crippen LogP contribution in [0.3, 0.4) is 0 Å². The molecule has 1 aromatic heterocycles. The summed E-state index contributed by atoms with van der Waals surface area (Å²) in [5, 5.41) is 9.26. The first kappa shape index (κ1) is 21.8. The second-order valence-corrected chi connectivity index (χ2v) is 10.9. The summed E-state index contributed by atoms with van der Waals surface area (Å²) in [5.41, 5.74) is 1.21. The van der Waals surface area contributed by atoms with Crippen molar-refractivity contribution in [3.63, 3.8) is 0 Å². The lowest BCUT2D eigenvalue weighted by molar-refractivity contribution is 0.0696. The van der Waals surface area contributed by atoms with Gasteiger partial charge in [0.2, 0.25) is 0 Å². The van der Waals surface area contributed by atoms with E-state index in [2.05, 4.69) is 0 Å². The van der Waals surface area contributed by atoms with E-state index in [4.69, 9.17) is 0 Å². The standard InChI is InChI=1S/C21H21NO6S2/c1-3-15-6-7-16(21(23)24)13-20(15)30(27,28)14-17-12-18(29(2,25)26)8-9-19(17)22-10-4-5-11-22/h4-13H,3,14H2,1-2H3,(H,23,24). The number of aromatic nitrogens is 1. The fourth-order valence-corrected chi connectivity index (χ4v) is 5.59. The molecule has 2 aromatic carbocycles. The van der Waals surface area contributed by atoms with Crippen LogP contribution >= 0.6 is 0 Å². The van der Waals surface area contributed by atoms with Crippen molar-refractivity contribution in [2.24, 2.45) is 0 Å². The van der Waals surface area contributed by atoms with Gasteiger partial charge < -0.3 is 9.67 Å². The molecule has 0 bridgehead atoms. The van der Waals surface area contributed by atoms with Gasteiger partial charge in [0.1, 0.15) is 0 Å². The Kier molecular flexibility index (Phi) is 5.87. The summed E-state index contributed by atoms with van der Waals surface area (Å²) in [6.07, 6.45) is 4.92. The third-order valence-corrected chi connectivity index (χ3v) is 7.59. The predicted molar refractivity (Wildman–Crippen MR) is 113 cm³/mol. The van der Waals surface area contributed by atoms with Crippen molar-refractivity contribution >= 4 is 25.6 Å². The lowest BCUT2D eigenvalue weighted by Gasteiger charge is -2.15. The SMILES string of the molecule is CCc1ccc(C(=O)O)cc1S(=O)(=O)Cc1cc(S(C)(=O)=O)ccc1-n1cccc1. The van der Waals surface area contributed by atoms with Crippen LogP contribution in [0.15, 0.2) is 70.7 Å². The molecule has 0 aliphatic heterocycles. The number of carboxylic acid groups (broad SMARTS) is 1. The third kappa shape index (κ3) is 4.47. The molecule has 0 saturated carbocycles. The van der Waals surface area contributed by atoms with E-state index in [1.54, 1.807) is 42.1 Å². The molecule has 0 radical (unpaired) electrons. The number of hydrogen-bond donors (Lipinski definition) is 1. The Morgan fingerprint density at radius 1 is 0.967 bits per heavy atom. The van der Waals surface area contributed by atoms with Crippen molar-refractivity contribution in [3.8, 4) is 5.69 Å². The molecule has 1 N–H and O–H groups in total. The van der Waals surface area contributed by atoms with Gasteiger partial charge in [-0.2, -0.15) is 0 Å². The van der Waals surface area contributed by atoms with Crippen molar-refractivity contribution in [2.75, 3.05) is 6.26 Å². The minimum atomic E-state index is -3.96. The molecule has 3 rings (SSSR count). The van der Waals surface area contributed by atoms with Gasteiger partial charge in [0.25, 0.3) is 0 Å². The second kappa shape index (κ2) is 8.08. The van der Waals surface area contributed by atoms with Gasteiger partial charge in [-0.15, -0.1) is 0 Å². The minimum Gasteiger partial charge on any atom is -0.478 e. The molecule has 0 amide bonds. The molecule has 0 fully saturated rings. The van der Waals surface area contributed by atoms with Crippen LogP contribution < -0.4 is 0 Å². The number of hydrogen-bond acceptors (Lipinski definition) is 5. The zero-order valence-electron chi connectivity index (χ0n) is 16.4. The molecule has 9 heteroatoms. The van der Waals surface area contributed by atoms with E-state index in [-0.39, 0.29) is 15.4 Å². The van der Waals surface area contributed by atoms with E-state index in [9.17, 15) is 26.7 Å². The molecule has 30 heavy (non-hydrogen) atoms. The highest BCUT2D eigenvalue weighted by Gasteiger charge is 2.23. The average molecular weight is 448 g/mol. The van der Waals surface area contributed by atoms with Crippen LogP contribution in [0, 0.1) is 0 Å². The number of carbonyl (C=O) groups is 1. The number of carboxylic acids is 1. The molecule has 0 atom stereocenters. The summed E-state index contributed by atoms with van der Waals surface area (Å²) < 4.78 is 52.3. The lowest BCUT2D eigenvalue weighted by atomic mass is 10.1. The Labute approximate surface area is 175 Å². The Morgan fingerprint density at radius 3 is 2.20 bits per heavy atom. The maximum Gasteiger partial charge on any atom is 0.335 e. The molecule has 0 aliphatic rings. The molecule has 0 saturated heterocycles. The highest BCUT2D eigenvalue weighted by Crippen LogP contribution is 2.27. The number of aromatic carboxylic acids is 1. The Bertz CT molecular complexity index is 1310. The summed E-state index contributed by atoms with van der Waals surface area (Å²) in [6, 6.07) is 11.9. The summed E-state index contributed by atoms with van der Waals surface area (Å²) in [5.74, 6) is -1.69. The minimum absolute atomic E-state index is 0.0126. The van der Waals surface area contributed by atoms with E-state index in [0.717, 1.165) is 12.3 Å². The molecule has 0 unspecified atom stereocenters. The van der Waals surface area contributed by atoms with Crippen LogP contribution in [0.4, 0.5) is 0 Å². The maximum atomic E-state index is 13.3. The quantitative estimate of drug-likeness (QED) is 0.596. The van der Waals surface area contributed by atoms with Gasteiger partial charge in [0.15, 0.2) is 19.7 Å². The zero-order valence-corrected chi connectivity index (χ0v) is 18.1. The smallest absolute Gasteiger partial charge is 0.335 e. The van der Waals surface area contributed by atoms with Crippen molar-refractivity contribution in [1.82, 2.24) is 4.57 Å². The van der Waals surface area contributed by atoms with Gasteiger partial charge >= 0.3 is 5.97 Å². The largest absolute Gasteiger partial charge is 0.478 e. The maximum absolute atomic E-state index is 13.3. The Hall–Kier alpha value is -2.91. The first-order valence-corrected chi connectivity index (χ1v) is 12.6. The summed E-state index contributed by atoms with van der Waals surface area (Å²) in [4.78, 5) is 11.3. The number of aryl methyl sites for hydroxylation is 1. The van der Waals surface area contributed by atoms with Crippen LogP contribution in [0.5, 0.6) is 0 Å². The highest BCUT2D eigenvalue weighted by molar-refractivity contribution is 7.91. The topological polar surface area (TPSA) is 111 Å². The fourth-order valence-electron chi connectivity index (χ4n) is 3.21. The van der Waals surface area contributed by atoms with Crippen LogP contribution in [-0.2, 0) is 31.8 Å². The highest BCUT2D eigenvalue weighted by atomic mass is 32.2. The second-order valence-electron chi connectivity index (χ2n) is 6.89. The zero-order chi connectivity index (χ0) is 22.1. The summed E-state index contributed by atoms with van der Waals surface area (Å²) in [7, 11) is -7.50. The van der Waals surface area contributed by atoms with Crippen molar-refractivity contribution in [3.05, 3.63) is 77.6 Å². The van der Waals surface area contributed by atoms with Gasteiger partial charge in [-0.25, -0.2) is 21.6 Å². The van der Waals surface area contributed by atoms with Crippen LogP contribution in [0.2, 0.25) is 0 Å². The number of nitrogens with zero attached hydrogens (tertiary/aromatic N) is 1. The first-order chi connectivity index (χ1) is 14.0. The monoisotopic (exact) mass is 447 g/mol. The van der Waals surface area contributed by atoms with Crippen molar-refractivity contribution in [2.45, 2.75) is 28.9 Å². The normalized spacial score (nSPS) is 12.1. The van der Waals surface area contributed by atoms with E-state index in [0.29, 0.717) is 23.2 Å². The van der Waals surface area contributed by atoms with Crippen LogP contribution in [0.1, 0.15) is 28.4 Å². The van der Waals surface area contributed by atoms with Gasteiger partial charge in [-0.3, -0.25) is 0 Å². The Balaban J connectivity index is 2.17. The molecule has 3 aromatic rings. The van der Waals surface area contributed by atoms with Crippen LogP contribution in [0.25, 0.3) is 5.69 Å². The van der Waals surface area contributed by atoms with Gasteiger partial charge in [-0.1, -0.05) is 13.0 Å². The van der Waals surface area contributed by atoms with E-state index < -0.39 is 31.4 Å². The number of sulfone groups is 2. The molecule has 0 aliphatic carbocycles. The average Bonchev–Trinajstić information content (AvgIpc) is 3.20. The number of rotatable bonds is 7. The number of benzene rings is 2. The molecular formula is C21H21NO6S2. The molecule has 1 heterocycles. The fraction of sp³-hybridized carbons (Fsp3) is 0.190.